The number of benzene rings is 2. The predicted octanol–water partition coefficient (Wildman–Crippen LogP) is 3.97. The first-order chi connectivity index (χ1) is 14.0. The maximum Gasteiger partial charge on any atom is 0.342 e. The summed E-state index contributed by atoms with van der Waals surface area (Å²) in [7, 11) is 1.60. The van der Waals surface area contributed by atoms with Crippen LogP contribution in [0.25, 0.3) is 0 Å². The Hall–Kier alpha value is -3.54. The van der Waals surface area contributed by atoms with E-state index in [9.17, 15) is 9.59 Å². The number of esters is 1. The molecule has 1 aromatic heterocycles. The van der Waals surface area contributed by atoms with E-state index in [1.165, 1.54) is 0 Å². The van der Waals surface area contributed by atoms with Gasteiger partial charge in [0.05, 0.1) is 13.2 Å². The van der Waals surface area contributed by atoms with Crippen molar-refractivity contribution in [1.82, 2.24) is 5.32 Å². The zero-order valence-electron chi connectivity index (χ0n) is 16.6. The summed E-state index contributed by atoms with van der Waals surface area (Å²) in [4.78, 5) is 24.7. The minimum atomic E-state index is -0.588. The van der Waals surface area contributed by atoms with Crippen LogP contribution in [-0.4, -0.2) is 25.6 Å². The number of nitrogens with one attached hydrogen (secondary N) is 1. The zero-order chi connectivity index (χ0) is 20.8. The molecule has 0 aliphatic rings. The number of methoxy groups -OCH3 is 1. The van der Waals surface area contributed by atoms with Gasteiger partial charge in [0.25, 0.3) is 5.91 Å². The van der Waals surface area contributed by atoms with E-state index >= 15 is 0 Å². The molecule has 29 heavy (non-hydrogen) atoms. The molecule has 0 bridgehead atoms. The first-order valence-corrected chi connectivity index (χ1v) is 9.20. The molecule has 1 heterocycles. The summed E-state index contributed by atoms with van der Waals surface area (Å²) in [5, 5.41) is 2.93. The lowest BCUT2D eigenvalue weighted by molar-refractivity contribution is -0.124. The van der Waals surface area contributed by atoms with Crippen LogP contribution in [0.2, 0.25) is 0 Å². The van der Waals surface area contributed by atoms with E-state index < -0.39 is 11.9 Å². The van der Waals surface area contributed by atoms with E-state index in [2.05, 4.69) is 5.32 Å². The number of amides is 1. The van der Waals surface area contributed by atoms with Gasteiger partial charge in [0, 0.05) is 0 Å². The molecule has 2 aromatic carbocycles. The van der Waals surface area contributed by atoms with Gasteiger partial charge >= 0.3 is 5.97 Å². The van der Waals surface area contributed by atoms with Crippen molar-refractivity contribution in [2.75, 3.05) is 13.7 Å². The van der Waals surface area contributed by atoms with Gasteiger partial charge < -0.3 is 19.2 Å². The third kappa shape index (κ3) is 5.04. The molecule has 1 amide bonds. The molecule has 3 rings (SSSR count). The van der Waals surface area contributed by atoms with Crippen LogP contribution < -0.4 is 10.1 Å². The van der Waals surface area contributed by atoms with E-state index in [4.69, 9.17) is 13.9 Å². The molecule has 0 unspecified atom stereocenters. The molecule has 0 spiro atoms. The highest BCUT2D eigenvalue weighted by atomic mass is 16.5. The lowest BCUT2D eigenvalue weighted by atomic mass is 9.98. The van der Waals surface area contributed by atoms with Gasteiger partial charge in [-0.3, -0.25) is 4.79 Å². The number of carbonyl (C=O) groups is 2. The Balaban J connectivity index is 1.71. The molecule has 0 saturated carbocycles. The Morgan fingerprint density at radius 3 is 2.24 bits per heavy atom. The normalized spacial score (nSPS) is 11.6. The molecular formula is C23H23NO5. The SMILES string of the molecule is COc1ccc([C@H](NC(=O)COC(=O)c2cc(C)oc2C)c2ccccc2)cc1. The zero-order valence-corrected chi connectivity index (χ0v) is 16.6. The number of aryl methyl sites for hydroxylation is 2. The number of ether oxygens (including phenoxy) is 2. The van der Waals surface area contributed by atoms with E-state index in [0.717, 1.165) is 16.9 Å². The van der Waals surface area contributed by atoms with Gasteiger partial charge in [-0.05, 0) is 43.2 Å². The topological polar surface area (TPSA) is 77.8 Å². The molecule has 0 saturated heterocycles. The van der Waals surface area contributed by atoms with Crippen LogP contribution in [0.1, 0.15) is 39.0 Å². The summed E-state index contributed by atoms with van der Waals surface area (Å²) in [5.41, 5.74) is 2.13. The van der Waals surface area contributed by atoms with Crippen LogP contribution in [-0.2, 0) is 9.53 Å². The van der Waals surface area contributed by atoms with Gasteiger partial charge in [-0.2, -0.15) is 0 Å². The second-order valence-corrected chi connectivity index (χ2v) is 6.59. The van der Waals surface area contributed by atoms with Crippen molar-refractivity contribution in [3.8, 4) is 5.75 Å². The Morgan fingerprint density at radius 1 is 1.00 bits per heavy atom. The summed E-state index contributed by atoms with van der Waals surface area (Å²) in [5.74, 6) is 0.818. The number of hydrogen-bond donors (Lipinski definition) is 1. The monoisotopic (exact) mass is 393 g/mol. The van der Waals surface area contributed by atoms with Crippen LogP contribution in [0.4, 0.5) is 0 Å². The summed E-state index contributed by atoms with van der Waals surface area (Å²) in [6.45, 7) is 3.04. The molecular weight excluding hydrogens is 370 g/mol. The Morgan fingerprint density at radius 2 is 1.66 bits per heavy atom. The van der Waals surface area contributed by atoms with Gasteiger partial charge in [0.1, 0.15) is 22.8 Å². The molecule has 3 aromatic rings. The molecule has 1 N–H and O–H groups in total. The van der Waals surface area contributed by atoms with Crippen molar-refractivity contribution in [2.45, 2.75) is 19.9 Å². The highest BCUT2D eigenvalue weighted by molar-refractivity contribution is 5.92. The van der Waals surface area contributed by atoms with Crippen LogP contribution in [0, 0.1) is 13.8 Å². The molecule has 1 atom stereocenters. The third-order valence-corrected chi connectivity index (χ3v) is 4.48. The van der Waals surface area contributed by atoms with Crippen LogP contribution in [0.5, 0.6) is 5.75 Å². The largest absolute Gasteiger partial charge is 0.497 e. The highest BCUT2D eigenvalue weighted by Crippen LogP contribution is 2.24. The summed E-state index contributed by atoms with van der Waals surface area (Å²) < 4.78 is 15.7. The first-order valence-electron chi connectivity index (χ1n) is 9.20. The predicted molar refractivity (Wildman–Crippen MR) is 108 cm³/mol. The molecule has 0 radical (unpaired) electrons. The van der Waals surface area contributed by atoms with Crippen molar-refractivity contribution in [2.24, 2.45) is 0 Å². The molecule has 150 valence electrons. The average molecular weight is 393 g/mol. The summed E-state index contributed by atoms with van der Waals surface area (Å²) >= 11 is 0. The average Bonchev–Trinajstić information content (AvgIpc) is 3.09. The standard InChI is InChI=1S/C23H23NO5/c1-15-13-20(16(2)29-15)23(26)28-14-21(25)24-22(17-7-5-4-6-8-17)18-9-11-19(27-3)12-10-18/h4-13,22H,14H2,1-3H3,(H,24,25)/t22-/m1/s1. The molecule has 0 aliphatic heterocycles. The van der Waals surface area contributed by atoms with Crippen LogP contribution in [0.15, 0.2) is 65.1 Å². The fourth-order valence-corrected chi connectivity index (χ4v) is 3.05. The second kappa shape index (κ2) is 9.10. The van der Waals surface area contributed by atoms with E-state index in [-0.39, 0.29) is 12.6 Å². The Bertz CT molecular complexity index is 976. The number of hydrogen-bond acceptors (Lipinski definition) is 5. The Labute approximate surface area is 169 Å². The van der Waals surface area contributed by atoms with E-state index in [1.807, 2.05) is 54.6 Å². The van der Waals surface area contributed by atoms with Crippen molar-refractivity contribution in [3.05, 3.63) is 88.9 Å². The van der Waals surface area contributed by atoms with Crippen molar-refractivity contribution in [3.63, 3.8) is 0 Å². The van der Waals surface area contributed by atoms with Gasteiger partial charge in [-0.1, -0.05) is 42.5 Å². The summed E-state index contributed by atoms with van der Waals surface area (Å²) in [6.07, 6.45) is 0. The molecule has 0 fully saturated rings. The van der Waals surface area contributed by atoms with Crippen molar-refractivity contribution < 1.29 is 23.5 Å². The lowest BCUT2D eigenvalue weighted by Gasteiger charge is -2.20. The van der Waals surface area contributed by atoms with Gasteiger partial charge in [-0.25, -0.2) is 4.79 Å². The molecule has 6 nitrogen and oxygen atoms in total. The van der Waals surface area contributed by atoms with Crippen LogP contribution in [0.3, 0.4) is 0 Å². The highest BCUT2D eigenvalue weighted by Gasteiger charge is 2.20. The number of rotatable bonds is 7. The van der Waals surface area contributed by atoms with Crippen molar-refractivity contribution >= 4 is 11.9 Å². The van der Waals surface area contributed by atoms with E-state index in [1.54, 1.807) is 27.0 Å². The van der Waals surface area contributed by atoms with E-state index in [0.29, 0.717) is 17.1 Å². The maximum atomic E-state index is 12.5. The second-order valence-electron chi connectivity index (χ2n) is 6.59. The van der Waals surface area contributed by atoms with Gasteiger partial charge in [-0.15, -0.1) is 0 Å². The number of carbonyl (C=O) groups excluding carboxylic acids is 2. The summed E-state index contributed by atoms with van der Waals surface area (Å²) in [6, 6.07) is 18.2. The molecule has 0 aliphatic carbocycles. The van der Waals surface area contributed by atoms with Gasteiger partial charge in [0.2, 0.25) is 0 Å². The first kappa shape index (κ1) is 20.2. The minimum Gasteiger partial charge on any atom is -0.497 e. The fourth-order valence-electron chi connectivity index (χ4n) is 3.05. The smallest absolute Gasteiger partial charge is 0.342 e. The lowest BCUT2D eigenvalue weighted by Crippen LogP contribution is -2.33. The third-order valence-electron chi connectivity index (χ3n) is 4.48. The van der Waals surface area contributed by atoms with Crippen molar-refractivity contribution in [1.29, 1.82) is 0 Å². The molecule has 6 heteroatoms. The maximum absolute atomic E-state index is 12.5. The fraction of sp³-hybridized carbons (Fsp3) is 0.217. The van der Waals surface area contributed by atoms with Crippen LogP contribution >= 0.6 is 0 Å². The Kier molecular flexibility index (Phi) is 6.34. The quantitative estimate of drug-likeness (QED) is 0.615. The number of furan rings is 1. The van der Waals surface area contributed by atoms with Gasteiger partial charge in [0.15, 0.2) is 6.61 Å². The minimum absolute atomic E-state index is 0.324.